The van der Waals surface area contributed by atoms with Crippen molar-refractivity contribution in [3.8, 4) is 28.4 Å². The number of hydrogen-bond donors (Lipinski definition) is 0. The Kier molecular flexibility index (Phi) is 9.91. The molecule has 5 heteroatoms. The van der Waals surface area contributed by atoms with Gasteiger partial charge in [-0.15, -0.1) is 12.4 Å². The zero-order chi connectivity index (χ0) is 25.5. The second kappa shape index (κ2) is 13.5. The number of fused-ring (bicyclic) bond motifs is 1. The van der Waals surface area contributed by atoms with Crippen LogP contribution in [0.5, 0.6) is 17.2 Å². The van der Waals surface area contributed by atoms with Gasteiger partial charge in [-0.25, -0.2) is 0 Å². The number of piperidine rings is 1. The zero-order valence-electron chi connectivity index (χ0n) is 22.4. The van der Waals surface area contributed by atoms with Crippen LogP contribution in [-0.4, -0.2) is 38.8 Å². The van der Waals surface area contributed by atoms with Gasteiger partial charge in [0, 0.05) is 6.04 Å². The Morgan fingerprint density at radius 3 is 2.29 bits per heavy atom. The summed E-state index contributed by atoms with van der Waals surface area (Å²) in [7, 11) is 3.45. The van der Waals surface area contributed by atoms with E-state index in [1.54, 1.807) is 14.2 Å². The number of methoxy groups -OCH3 is 2. The fraction of sp³-hybridized carbons (Fsp3) is 0.333. The summed E-state index contributed by atoms with van der Waals surface area (Å²) in [6, 6.07) is 30.0. The van der Waals surface area contributed by atoms with E-state index in [0.717, 1.165) is 49.8 Å². The molecule has 4 aromatic rings. The van der Waals surface area contributed by atoms with Gasteiger partial charge in [0.15, 0.2) is 0 Å². The molecule has 0 aromatic heterocycles. The molecule has 4 aromatic carbocycles. The van der Waals surface area contributed by atoms with E-state index < -0.39 is 0 Å². The van der Waals surface area contributed by atoms with Gasteiger partial charge in [-0.05, 0) is 103 Å². The number of rotatable bonds is 10. The molecule has 1 atom stereocenters. The van der Waals surface area contributed by atoms with Crippen LogP contribution in [0.1, 0.15) is 43.7 Å². The minimum absolute atomic E-state index is 0. The topological polar surface area (TPSA) is 30.9 Å². The molecular formula is C33H38ClNO3. The molecule has 0 amide bonds. The Bertz CT molecular complexity index is 1290. The highest BCUT2D eigenvalue weighted by molar-refractivity contribution is 5.93. The molecule has 0 aliphatic carbocycles. The summed E-state index contributed by atoms with van der Waals surface area (Å²) in [5.41, 5.74) is 3.98. The van der Waals surface area contributed by atoms with Gasteiger partial charge < -0.3 is 14.2 Å². The van der Waals surface area contributed by atoms with Crippen LogP contribution in [0.3, 0.4) is 0 Å². The number of hydrogen-bond acceptors (Lipinski definition) is 4. The predicted molar refractivity (Wildman–Crippen MR) is 159 cm³/mol. The molecule has 1 unspecified atom stereocenters. The summed E-state index contributed by atoms with van der Waals surface area (Å²) in [5.74, 6) is 2.73. The van der Waals surface area contributed by atoms with E-state index in [0.29, 0.717) is 6.04 Å². The maximum absolute atomic E-state index is 5.94. The Labute approximate surface area is 232 Å². The number of ether oxygens (including phenoxy) is 3. The van der Waals surface area contributed by atoms with Crippen molar-refractivity contribution in [1.29, 1.82) is 0 Å². The Morgan fingerprint density at radius 2 is 1.53 bits per heavy atom. The molecule has 1 aliphatic heterocycles. The first-order valence-corrected chi connectivity index (χ1v) is 13.4. The SMILES string of the molecule is COc1ccc(-c2ccc3cc(OC)ccc3c2C2CCCCN2CCCCOc2ccccc2)cc1.Cl. The molecule has 1 saturated heterocycles. The first-order valence-electron chi connectivity index (χ1n) is 13.4. The van der Waals surface area contributed by atoms with E-state index in [4.69, 9.17) is 14.2 Å². The van der Waals surface area contributed by atoms with Crippen molar-refractivity contribution in [3.05, 3.63) is 90.5 Å². The molecule has 0 bridgehead atoms. The lowest BCUT2D eigenvalue weighted by atomic mass is 9.85. The van der Waals surface area contributed by atoms with E-state index in [9.17, 15) is 0 Å². The molecule has 1 heterocycles. The number of unbranched alkanes of at least 4 members (excludes halogenated alkanes) is 1. The molecule has 1 fully saturated rings. The minimum atomic E-state index is 0. The van der Waals surface area contributed by atoms with Crippen molar-refractivity contribution in [3.63, 3.8) is 0 Å². The number of para-hydroxylation sites is 1. The molecule has 0 spiro atoms. The maximum Gasteiger partial charge on any atom is 0.119 e. The normalized spacial score (nSPS) is 15.6. The monoisotopic (exact) mass is 531 g/mol. The van der Waals surface area contributed by atoms with E-state index in [1.165, 1.54) is 46.7 Å². The maximum atomic E-state index is 5.94. The quantitative estimate of drug-likeness (QED) is 0.192. The fourth-order valence-electron chi connectivity index (χ4n) is 5.55. The van der Waals surface area contributed by atoms with Crippen LogP contribution in [0.15, 0.2) is 84.9 Å². The van der Waals surface area contributed by atoms with Gasteiger partial charge in [-0.2, -0.15) is 0 Å². The summed E-state index contributed by atoms with van der Waals surface area (Å²) in [5, 5.41) is 2.55. The first-order chi connectivity index (χ1) is 18.3. The molecule has 1 aliphatic rings. The van der Waals surface area contributed by atoms with Crippen molar-refractivity contribution < 1.29 is 14.2 Å². The molecule has 4 nitrogen and oxygen atoms in total. The van der Waals surface area contributed by atoms with Gasteiger partial charge in [0.1, 0.15) is 17.2 Å². The summed E-state index contributed by atoms with van der Waals surface area (Å²) in [6.07, 6.45) is 5.87. The summed E-state index contributed by atoms with van der Waals surface area (Å²) in [4.78, 5) is 2.71. The molecule has 200 valence electrons. The van der Waals surface area contributed by atoms with Crippen LogP contribution in [0.2, 0.25) is 0 Å². The van der Waals surface area contributed by atoms with Gasteiger partial charge in [0.05, 0.1) is 20.8 Å². The van der Waals surface area contributed by atoms with Gasteiger partial charge in [-0.3, -0.25) is 4.90 Å². The van der Waals surface area contributed by atoms with Crippen LogP contribution in [0, 0.1) is 0 Å². The van der Waals surface area contributed by atoms with E-state index >= 15 is 0 Å². The van der Waals surface area contributed by atoms with Crippen molar-refractivity contribution in [2.24, 2.45) is 0 Å². The Balaban J connectivity index is 0.00000336. The average molecular weight is 532 g/mol. The third-order valence-corrected chi connectivity index (χ3v) is 7.47. The number of benzene rings is 4. The second-order valence-electron chi connectivity index (χ2n) is 9.76. The van der Waals surface area contributed by atoms with Crippen LogP contribution in [0.4, 0.5) is 0 Å². The molecule has 5 rings (SSSR count). The Morgan fingerprint density at radius 1 is 0.763 bits per heavy atom. The molecule has 0 radical (unpaired) electrons. The predicted octanol–water partition coefficient (Wildman–Crippen LogP) is 8.33. The van der Waals surface area contributed by atoms with Gasteiger partial charge in [0.25, 0.3) is 0 Å². The highest BCUT2D eigenvalue weighted by atomic mass is 35.5. The molecular weight excluding hydrogens is 494 g/mol. The number of nitrogens with zero attached hydrogens (tertiary/aromatic N) is 1. The second-order valence-corrected chi connectivity index (χ2v) is 9.76. The summed E-state index contributed by atoms with van der Waals surface area (Å²) < 4.78 is 16.9. The summed E-state index contributed by atoms with van der Waals surface area (Å²) >= 11 is 0. The van der Waals surface area contributed by atoms with E-state index in [-0.39, 0.29) is 12.4 Å². The highest BCUT2D eigenvalue weighted by Gasteiger charge is 2.27. The summed E-state index contributed by atoms with van der Waals surface area (Å²) in [6.45, 7) is 2.98. The van der Waals surface area contributed by atoms with Gasteiger partial charge in [-0.1, -0.05) is 55.0 Å². The van der Waals surface area contributed by atoms with Crippen molar-refractivity contribution in [2.45, 2.75) is 38.1 Å². The van der Waals surface area contributed by atoms with E-state index in [2.05, 4.69) is 59.5 Å². The van der Waals surface area contributed by atoms with E-state index in [1.807, 2.05) is 30.3 Å². The molecule has 38 heavy (non-hydrogen) atoms. The van der Waals surface area contributed by atoms with Crippen LogP contribution in [0.25, 0.3) is 21.9 Å². The van der Waals surface area contributed by atoms with Crippen molar-refractivity contribution >= 4 is 23.2 Å². The highest BCUT2D eigenvalue weighted by Crippen LogP contribution is 2.42. The zero-order valence-corrected chi connectivity index (χ0v) is 23.2. The average Bonchev–Trinajstić information content (AvgIpc) is 2.97. The van der Waals surface area contributed by atoms with Gasteiger partial charge in [0.2, 0.25) is 0 Å². The first kappa shape index (κ1) is 27.8. The van der Waals surface area contributed by atoms with Crippen molar-refractivity contribution in [2.75, 3.05) is 33.9 Å². The third-order valence-electron chi connectivity index (χ3n) is 7.47. The van der Waals surface area contributed by atoms with Crippen LogP contribution >= 0.6 is 12.4 Å². The van der Waals surface area contributed by atoms with Crippen LogP contribution in [-0.2, 0) is 0 Å². The lowest BCUT2D eigenvalue weighted by molar-refractivity contribution is 0.144. The lowest BCUT2D eigenvalue weighted by Gasteiger charge is -2.38. The molecule has 0 saturated carbocycles. The number of halogens is 1. The smallest absolute Gasteiger partial charge is 0.119 e. The number of likely N-dealkylation sites (tertiary alicyclic amines) is 1. The lowest BCUT2D eigenvalue weighted by Crippen LogP contribution is -2.34. The minimum Gasteiger partial charge on any atom is -0.497 e. The van der Waals surface area contributed by atoms with Crippen molar-refractivity contribution in [1.82, 2.24) is 4.90 Å². The van der Waals surface area contributed by atoms with Crippen LogP contribution < -0.4 is 14.2 Å². The van der Waals surface area contributed by atoms with Gasteiger partial charge >= 0.3 is 0 Å². The third kappa shape index (κ3) is 6.43. The standard InChI is InChI=1S/C33H37NO3.ClH/c1-35-27-16-13-25(14-17-27)30-19-15-26-24-29(36-2)18-20-31(26)33(30)32-12-6-7-21-34(32)22-8-9-23-37-28-10-4-3-5-11-28;/h3-5,10-11,13-20,24,32H,6-9,12,21-23H2,1-2H3;1H. The fourth-order valence-corrected chi connectivity index (χ4v) is 5.55. The Hall–Kier alpha value is -3.21. The molecule has 0 N–H and O–H groups in total. The largest absolute Gasteiger partial charge is 0.497 e.